The molecule has 2 atom stereocenters. The molecule has 0 heterocycles. The summed E-state index contributed by atoms with van der Waals surface area (Å²) in [4.78, 5) is 54.0. The van der Waals surface area contributed by atoms with E-state index in [1.807, 2.05) is 0 Å². The Morgan fingerprint density at radius 1 is 1.19 bits per heavy atom. The van der Waals surface area contributed by atoms with E-state index < -0.39 is 41.8 Å². The molecule has 0 aliphatic rings. The van der Waals surface area contributed by atoms with Crippen molar-refractivity contribution in [1.82, 2.24) is 10.6 Å². The van der Waals surface area contributed by atoms with Crippen LogP contribution < -0.4 is 16.4 Å². The van der Waals surface area contributed by atoms with Crippen LogP contribution in [0.3, 0.4) is 0 Å². The number of hydrogen-bond donors (Lipinski definition) is 6. The Labute approximate surface area is 156 Å². The molecule has 0 aliphatic carbocycles. The van der Waals surface area contributed by atoms with Crippen LogP contribution in [0, 0.1) is 0 Å². The number of amides is 2. The number of thiol groups is 1. The van der Waals surface area contributed by atoms with Gasteiger partial charge in [-0.25, -0.2) is 0 Å². The molecule has 0 unspecified atom stereocenters. The van der Waals surface area contributed by atoms with E-state index in [1.54, 1.807) is 6.92 Å². The van der Waals surface area contributed by atoms with E-state index in [9.17, 15) is 19.2 Å². The molecule has 150 valence electrons. The van der Waals surface area contributed by atoms with E-state index in [-0.39, 0.29) is 31.7 Å². The molecular formula is C14H25N3O8S. The predicted molar refractivity (Wildman–Crippen MR) is 93.6 cm³/mol. The first-order valence-electron chi connectivity index (χ1n) is 7.56. The number of carboxylic acid groups (broad SMARTS) is 2. The topological polar surface area (TPSA) is 185 Å². The first kappa shape index (κ1) is 25.9. The van der Waals surface area contributed by atoms with Gasteiger partial charge >= 0.3 is 11.9 Å². The molecule has 26 heavy (non-hydrogen) atoms. The third-order valence-corrected chi connectivity index (χ3v) is 2.91. The molecule has 0 saturated carbocycles. The van der Waals surface area contributed by atoms with Crippen LogP contribution in [0.2, 0.25) is 0 Å². The third-order valence-electron chi connectivity index (χ3n) is 2.55. The van der Waals surface area contributed by atoms with Crippen LogP contribution >= 0.6 is 12.6 Å². The second-order valence-electron chi connectivity index (χ2n) is 4.83. The van der Waals surface area contributed by atoms with Crippen molar-refractivity contribution in [2.24, 2.45) is 5.73 Å². The van der Waals surface area contributed by atoms with Gasteiger partial charge in [0.1, 0.15) is 18.6 Å². The molecule has 0 rings (SSSR count). The maximum Gasteiger partial charge on any atom is 0.325 e. The van der Waals surface area contributed by atoms with Gasteiger partial charge in [-0.05, 0) is 13.3 Å². The fourth-order valence-electron chi connectivity index (χ4n) is 1.37. The molecule has 0 bridgehead atoms. The van der Waals surface area contributed by atoms with Gasteiger partial charge in [0.15, 0.2) is 0 Å². The van der Waals surface area contributed by atoms with Crippen molar-refractivity contribution < 1.29 is 38.9 Å². The highest BCUT2D eigenvalue weighted by Crippen LogP contribution is 1.97. The molecule has 0 radical (unpaired) electrons. The standard InChI is InChI=1S/C12H21N3O6S.C2H4O2/c1-2-21-10(17)5-14-11(18)8(6-22)15-9(16)4-3-7(13)12(19)20;1-2(3)4/h7-8,22H,2-6,13H2,1H3,(H,14,18)(H,15,16)(H,19,20);1H3,(H,3,4)/t7-,8-;/m0./s1. The van der Waals surface area contributed by atoms with Gasteiger partial charge in [-0.15, -0.1) is 0 Å². The fraction of sp³-hybridized carbons (Fsp3) is 0.643. The summed E-state index contributed by atoms with van der Waals surface area (Å²) in [5.74, 6) is -3.72. The van der Waals surface area contributed by atoms with Crippen LogP contribution in [-0.4, -0.2) is 70.9 Å². The number of aliphatic carboxylic acids is 2. The second kappa shape index (κ2) is 15.0. The molecule has 0 aromatic heterocycles. The van der Waals surface area contributed by atoms with Crippen molar-refractivity contribution in [3.8, 4) is 0 Å². The van der Waals surface area contributed by atoms with Gasteiger partial charge in [0.2, 0.25) is 11.8 Å². The van der Waals surface area contributed by atoms with Gasteiger partial charge in [-0.1, -0.05) is 0 Å². The summed E-state index contributed by atoms with van der Waals surface area (Å²) in [7, 11) is 0. The maximum atomic E-state index is 11.8. The number of ether oxygens (including phenoxy) is 1. The van der Waals surface area contributed by atoms with Crippen LogP contribution in [0.1, 0.15) is 26.7 Å². The Kier molecular flexibility index (Phi) is 14.9. The van der Waals surface area contributed by atoms with Gasteiger partial charge in [0.05, 0.1) is 6.61 Å². The molecule has 0 aromatic rings. The van der Waals surface area contributed by atoms with Gasteiger partial charge in [0.25, 0.3) is 5.97 Å². The number of esters is 1. The summed E-state index contributed by atoms with van der Waals surface area (Å²) >= 11 is 3.95. The number of carbonyl (C=O) groups is 5. The summed E-state index contributed by atoms with van der Waals surface area (Å²) in [6, 6.07) is -2.08. The lowest BCUT2D eigenvalue weighted by Crippen LogP contribution is -2.49. The zero-order valence-corrected chi connectivity index (χ0v) is 15.5. The van der Waals surface area contributed by atoms with Crippen LogP contribution in [0.15, 0.2) is 0 Å². The van der Waals surface area contributed by atoms with Gasteiger partial charge in [-0.2, -0.15) is 12.6 Å². The summed E-state index contributed by atoms with van der Waals surface area (Å²) in [5.41, 5.74) is 5.27. The number of nitrogens with one attached hydrogen (secondary N) is 2. The lowest BCUT2D eigenvalue weighted by Gasteiger charge is -2.16. The highest BCUT2D eigenvalue weighted by molar-refractivity contribution is 7.80. The zero-order valence-electron chi connectivity index (χ0n) is 14.6. The quantitative estimate of drug-likeness (QED) is 0.186. The average molecular weight is 395 g/mol. The van der Waals surface area contributed by atoms with Gasteiger partial charge in [0, 0.05) is 19.1 Å². The van der Waals surface area contributed by atoms with Gasteiger partial charge < -0.3 is 31.3 Å². The van der Waals surface area contributed by atoms with Crippen LogP contribution in [0.4, 0.5) is 0 Å². The maximum absolute atomic E-state index is 11.8. The second-order valence-corrected chi connectivity index (χ2v) is 5.19. The Morgan fingerprint density at radius 2 is 1.73 bits per heavy atom. The predicted octanol–water partition coefficient (Wildman–Crippen LogP) is -1.64. The number of hydrogen-bond acceptors (Lipinski definition) is 8. The first-order valence-corrected chi connectivity index (χ1v) is 8.19. The summed E-state index contributed by atoms with van der Waals surface area (Å²) in [5, 5.41) is 20.7. The van der Waals surface area contributed by atoms with Crippen molar-refractivity contribution in [2.75, 3.05) is 18.9 Å². The Bertz CT molecular complexity index is 497. The van der Waals surface area contributed by atoms with Crippen molar-refractivity contribution in [3.05, 3.63) is 0 Å². The van der Waals surface area contributed by atoms with E-state index in [0.717, 1.165) is 6.92 Å². The fourth-order valence-corrected chi connectivity index (χ4v) is 1.62. The molecule has 11 nitrogen and oxygen atoms in total. The normalized spacial score (nSPS) is 11.8. The molecule has 0 aliphatic heterocycles. The Balaban J connectivity index is 0. The van der Waals surface area contributed by atoms with Crippen molar-refractivity contribution in [3.63, 3.8) is 0 Å². The Morgan fingerprint density at radius 3 is 2.15 bits per heavy atom. The SMILES string of the molecule is CC(=O)O.CCOC(=O)CNC(=O)[C@H](CS)NC(=O)CC[C@H](N)C(=O)O. The number of rotatable bonds is 10. The van der Waals surface area contributed by atoms with Crippen LogP contribution in [0.5, 0.6) is 0 Å². The van der Waals surface area contributed by atoms with E-state index >= 15 is 0 Å². The number of carbonyl (C=O) groups excluding carboxylic acids is 3. The molecule has 0 saturated heterocycles. The highest BCUT2D eigenvalue weighted by atomic mass is 32.1. The van der Waals surface area contributed by atoms with E-state index in [4.69, 9.17) is 20.7 Å². The minimum Gasteiger partial charge on any atom is -0.481 e. The van der Waals surface area contributed by atoms with E-state index in [1.165, 1.54) is 0 Å². The van der Waals surface area contributed by atoms with Gasteiger partial charge in [-0.3, -0.25) is 24.0 Å². The molecule has 2 amide bonds. The van der Waals surface area contributed by atoms with Crippen LogP contribution in [0.25, 0.3) is 0 Å². The molecule has 0 spiro atoms. The molecule has 0 fully saturated rings. The largest absolute Gasteiger partial charge is 0.481 e. The van der Waals surface area contributed by atoms with Crippen molar-refractivity contribution in [2.45, 2.75) is 38.8 Å². The van der Waals surface area contributed by atoms with Crippen molar-refractivity contribution >= 4 is 42.4 Å². The molecular weight excluding hydrogens is 370 g/mol. The monoisotopic (exact) mass is 395 g/mol. The third kappa shape index (κ3) is 15.2. The summed E-state index contributed by atoms with van der Waals surface area (Å²) < 4.78 is 4.64. The molecule has 12 heteroatoms. The van der Waals surface area contributed by atoms with Crippen molar-refractivity contribution in [1.29, 1.82) is 0 Å². The van der Waals surface area contributed by atoms with E-state index in [0.29, 0.717) is 0 Å². The highest BCUT2D eigenvalue weighted by Gasteiger charge is 2.21. The smallest absolute Gasteiger partial charge is 0.325 e. The summed E-state index contributed by atoms with van der Waals surface area (Å²) in [6.45, 7) is 2.61. The number of nitrogens with two attached hydrogens (primary N) is 1. The van der Waals surface area contributed by atoms with Crippen LogP contribution in [-0.2, 0) is 28.7 Å². The summed E-state index contributed by atoms with van der Waals surface area (Å²) in [6.07, 6.45) is -0.187. The Hall–Kier alpha value is -2.34. The van der Waals surface area contributed by atoms with E-state index in [2.05, 4.69) is 28.0 Å². The number of carboxylic acids is 2. The first-order chi connectivity index (χ1) is 12.0. The lowest BCUT2D eigenvalue weighted by atomic mass is 10.1. The molecule has 0 aromatic carbocycles. The lowest BCUT2D eigenvalue weighted by molar-refractivity contribution is -0.143. The minimum atomic E-state index is -1.20. The minimum absolute atomic E-state index is 0.0192. The average Bonchev–Trinajstić information content (AvgIpc) is 2.54. The zero-order chi connectivity index (χ0) is 20.7. The molecule has 6 N–H and O–H groups in total.